The van der Waals surface area contributed by atoms with Crippen molar-refractivity contribution in [3.63, 3.8) is 0 Å². The maximum atomic E-state index is 12.4. The van der Waals surface area contributed by atoms with Gasteiger partial charge in [-0.05, 0) is 89.9 Å². The molecule has 0 aromatic carbocycles. The quantitative estimate of drug-likeness (QED) is 0.0422. The number of hydrogen-bond donors (Lipinski definition) is 3. The Hall–Kier alpha value is -2.69. The third kappa shape index (κ3) is 48.3. The van der Waals surface area contributed by atoms with E-state index in [9.17, 15) is 15.0 Å². The summed E-state index contributed by atoms with van der Waals surface area (Å²) in [6.45, 7) is 4.18. The second kappa shape index (κ2) is 52.7. The Morgan fingerprint density at radius 2 is 0.726 bits per heavy atom. The molecule has 0 aliphatic carbocycles. The maximum absolute atomic E-state index is 12.4. The molecule has 0 aromatic heterocycles. The lowest BCUT2D eigenvalue weighted by Crippen LogP contribution is -2.45. The minimum absolute atomic E-state index is 0.0806. The zero-order valence-electron chi connectivity index (χ0n) is 40.9. The van der Waals surface area contributed by atoms with E-state index in [1.807, 2.05) is 6.08 Å². The topological polar surface area (TPSA) is 69.6 Å². The molecular formula is C58H101NO3. The van der Waals surface area contributed by atoms with E-state index in [1.165, 1.54) is 154 Å². The number of aliphatic hydroxyl groups is 2. The van der Waals surface area contributed by atoms with Crippen LogP contribution in [-0.4, -0.2) is 34.9 Å². The molecular weight excluding hydrogens is 759 g/mol. The largest absolute Gasteiger partial charge is 0.394 e. The van der Waals surface area contributed by atoms with Gasteiger partial charge in [0.25, 0.3) is 0 Å². The van der Waals surface area contributed by atoms with Crippen molar-refractivity contribution in [1.82, 2.24) is 5.32 Å². The molecule has 0 aliphatic heterocycles. The first-order chi connectivity index (χ1) is 30.7. The number of carbonyl (C=O) groups excluding carboxylic acids is 1. The molecule has 0 spiro atoms. The van der Waals surface area contributed by atoms with Crippen molar-refractivity contribution in [3.05, 3.63) is 97.2 Å². The average Bonchev–Trinajstić information content (AvgIpc) is 3.28. The van der Waals surface area contributed by atoms with Gasteiger partial charge in [-0.1, -0.05) is 246 Å². The van der Waals surface area contributed by atoms with Crippen LogP contribution in [0.25, 0.3) is 0 Å². The van der Waals surface area contributed by atoms with E-state index in [0.29, 0.717) is 6.42 Å². The van der Waals surface area contributed by atoms with Crippen molar-refractivity contribution in [3.8, 4) is 0 Å². The van der Waals surface area contributed by atoms with Crippen LogP contribution in [0.2, 0.25) is 0 Å². The summed E-state index contributed by atoms with van der Waals surface area (Å²) in [5, 5.41) is 23.1. The first kappa shape index (κ1) is 59.3. The van der Waals surface area contributed by atoms with Crippen LogP contribution >= 0.6 is 0 Å². The number of allylic oxidation sites excluding steroid dienone is 15. The smallest absolute Gasteiger partial charge is 0.220 e. The van der Waals surface area contributed by atoms with Crippen LogP contribution < -0.4 is 5.32 Å². The summed E-state index contributed by atoms with van der Waals surface area (Å²) in [5.41, 5.74) is 0. The van der Waals surface area contributed by atoms with Gasteiger partial charge in [0.2, 0.25) is 5.91 Å². The highest BCUT2D eigenvalue weighted by molar-refractivity contribution is 5.76. The monoisotopic (exact) mass is 860 g/mol. The molecule has 4 nitrogen and oxygen atoms in total. The average molecular weight is 860 g/mol. The van der Waals surface area contributed by atoms with Crippen LogP contribution in [0.15, 0.2) is 97.2 Å². The van der Waals surface area contributed by atoms with E-state index in [0.717, 1.165) is 70.6 Å². The number of nitrogens with one attached hydrogen (secondary N) is 1. The Balaban J connectivity index is 3.58. The van der Waals surface area contributed by atoms with Gasteiger partial charge in [0, 0.05) is 6.42 Å². The lowest BCUT2D eigenvalue weighted by Gasteiger charge is -2.19. The SMILES string of the molecule is CC/C=C\C/C=C\C/C=C\C/C=C\C/C=C\CCCCCCCCCCCCCCCCCC(=O)NC(CO)C(O)/C=C/CC/C=C/CC/C=C/CCCCCCCCCCC. The minimum atomic E-state index is -0.875. The standard InChI is InChI=1S/C58H101NO3/c1-3-5-7-9-11-13-15-17-19-21-23-24-25-26-27-28-29-30-31-32-33-34-36-38-40-42-44-46-48-50-52-54-58(62)59-56(55-60)57(61)53-51-49-47-45-43-41-39-37-35-22-20-18-16-14-12-10-8-6-4-2/h5,7,11,13,17,19,23-24,26-27,35,37,43,45,51,53,56-57,60-61H,3-4,6,8-10,12,14-16,18,20-22,25,28-34,36,38-42,44,46-50,52,54-55H2,1-2H3,(H,59,62)/b7-5-,13-11-,19-17-,24-23-,27-26-,37-35+,45-43+,53-51+. The fraction of sp³-hybridized carbons (Fsp3) is 0.707. The predicted octanol–water partition coefficient (Wildman–Crippen LogP) is 17.4. The van der Waals surface area contributed by atoms with Gasteiger partial charge in [-0.15, -0.1) is 0 Å². The molecule has 0 rings (SSSR count). The first-order valence-electron chi connectivity index (χ1n) is 26.5. The number of aliphatic hydroxyl groups excluding tert-OH is 2. The number of rotatable bonds is 47. The molecule has 0 saturated heterocycles. The first-order valence-corrected chi connectivity index (χ1v) is 26.5. The second-order valence-corrected chi connectivity index (χ2v) is 17.5. The van der Waals surface area contributed by atoms with Gasteiger partial charge in [-0.3, -0.25) is 4.79 Å². The summed E-state index contributed by atoms with van der Waals surface area (Å²) in [4.78, 5) is 12.4. The number of hydrogen-bond acceptors (Lipinski definition) is 3. The Morgan fingerprint density at radius 1 is 0.403 bits per heavy atom. The molecule has 2 unspecified atom stereocenters. The van der Waals surface area contributed by atoms with Gasteiger partial charge in [0.15, 0.2) is 0 Å². The molecule has 0 bridgehead atoms. The van der Waals surface area contributed by atoms with E-state index < -0.39 is 12.1 Å². The highest BCUT2D eigenvalue weighted by atomic mass is 16.3. The van der Waals surface area contributed by atoms with Gasteiger partial charge in [-0.25, -0.2) is 0 Å². The third-order valence-corrected chi connectivity index (χ3v) is 11.5. The fourth-order valence-electron chi connectivity index (χ4n) is 7.53. The van der Waals surface area contributed by atoms with Crippen molar-refractivity contribution in [2.45, 2.75) is 257 Å². The van der Waals surface area contributed by atoms with Gasteiger partial charge < -0.3 is 15.5 Å². The van der Waals surface area contributed by atoms with Gasteiger partial charge in [-0.2, -0.15) is 0 Å². The van der Waals surface area contributed by atoms with Crippen LogP contribution in [0.4, 0.5) is 0 Å². The lowest BCUT2D eigenvalue weighted by atomic mass is 10.0. The van der Waals surface area contributed by atoms with Gasteiger partial charge >= 0.3 is 0 Å². The summed E-state index contributed by atoms with van der Waals surface area (Å²) in [6.07, 6.45) is 78.3. The zero-order valence-corrected chi connectivity index (χ0v) is 40.9. The zero-order chi connectivity index (χ0) is 44.9. The van der Waals surface area contributed by atoms with E-state index >= 15 is 0 Å². The fourth-order valence-corrected chi connectivity index (χ4v) is 7.53. The van der Waals surface area contributed by atoms with Gasteiger partial charge in [0.05, 0.1) is 18.8 Å². The molecule has 4 heteroatoms. The van der Waals surface area contributed by atoms with Gasteiger partial charge in [0.1, 0.15) is 0 Å². The summed E-state index contributed by atoms with van der Waals surface area (Å²) in [5.74, 6) is -0.0806. The Labute approximate surface area is 385 Å². The molecule has 0 radical (unpaired) electrons. The van der Waals surface area contributed by atoms with Crippen molar-refractivity contribution >= 4 is 5.91 Å². The highest BCUT2D eigenvalue weighted by Gasteiger charge is 2.17. The van der Waals surface area contributed by atoms with E-state index in [2.05, 4.69) is 104 Å². The summed E-state index contributed by atoms with van der Waals surface area (Å²) >= 11 is 0. The molecule has 62 heavy (non-hydrogen) atoms. The number of amides is 1. The Bertz CT molecular complexity index is 1160. The van der Waals surface area contributed by atoms with Crippen LogP contribution in [0.5, 0.6) is 0 Å². The Kier molecular flexibility index (Phi) is 50.4. The predicted molar refractivity (Wildman–Crippen MR) is 276 cm³/mol. The third-order valence-electron chi connectivity index (χ3n) is 11.5. The molecule has 0 fully saturated rings. The molecule has 3 N–H and O–H groups in total. The lowest BCUT2D eigenvalue weighted by molar-refractivity contribution is -0.123. The van der Waals surface area contributed by atoms with Crippen molar-refractivity contribution in [1.29, 1.82) is 0 Å². The summed E-state index contributed by atoms with van der Waals surface area (Å²) in [7, 11) is 0. The maximum Gasteiger partial charge on any atom is 0.220 e. The van der Waals surface area contributed by atoms with E-state index in [4.69, 9.17) is 0 Å². The molecule has 0 heterocycles. The summed E-state index contributed by atoms with van der Waals surface area (Å²) in [6, 6.07) is -0.651. The van der Waals surface area contributed by atoms with Crippen LogP contribution in [0.1, 0.15) is 245 Å². The molecule has 0 aromatic rings. The summed E-state index contributed by atoms with van der Waals surface area (Å²) < 4.78 is 0. The van der Waals surface area contributed by atoms with Crippen LogP contribution in [-0.2, 0) is 4.79 Å². The van der Waals surface area contributed by atoms with Crippen LogP contribution in [0, 0.1) is 0 Å². The Morgan fingerprint density at radius 3 is 1.13 bits per heavy atom. The molecule has 0 saturated carbocycles. The molecule has 2 atom stereocenters. The van der Waals surface area contributed by atoms with Crippen molar-refractivity contribution in [2.75, 3.05) is 6.61 Å². The molecule has 356 valence electrons. The number of carbonyl (C=O) groups is 1. The van der Waals surface area contributed by atoms with E-state index in [-0.39, 0.29) is 12.5 Å². The van der Waals surface area contributed by atoms with Crippen LogP contribution in [0.3, 0.4) is 0 Å². The normalized spacial score (nSPS) is 13.7. The number of unbranched alkanes of at least 4 members (excludes halogenated alkanes) is 26. The highest BCUT2D eigenvalue weighted by Crippen LogP contribution is 2.15. The van der Waals surface area contributed by atoms with E-state index in [1.54, 1.807) is 6.08 Å². The minimum Gasteiger partial charge on any atom is -0.394 e. The second-order valence-electron chi connectivity index (χ2n) is 17.5. The van der Waals surface area contributed by atoms with Crippen molar-refractivity contribution < 1.29 is 15.0 Å². The molecule has 1 amide bonds. The molecule has 0 aliphatic rings. The van der Waals surface area contributed by atoms with Crippen molar-refractivity contribution in [2.24, 2.45) is 0 Å².